The number of rotatable bonds is 5. The van der Waals surface area contributed by atoms with Crippen molar-refractivity contribution < 1.29 is 9.84 Å². The molecule has 1 aromatic carbocycles. The molecule has 1 aromatic rings. The molecule has 0 spiro atoms. The molecule has 0 aliphatic heterocycles. The Labute approximate surface area is 119 Å². The number of aliphatic hydroxyl groups excluding tert-OH is 1. The van der Waals surface area contributed by atoms with Gasteiger partial charge in [-0.25, -0.2) is 0 Å². The first-order chi connectivity index (χ1) is 8.29. The molecule has 0 aliphatic carbocycles. The van der Waals surface area contributed by atoms with Crippen LogP contribution in [0.15, 0.2) is 18.2 Å². The van der Waals surface area contributed by atoms with Crippen LogP contribution in [0.3, 0.4) is 0 Å². The molecule has 0 saturated carbocycles. The molecule has 0 aromatic heterocycles. The standard InChI is InChI=1S/C14H21ClO2S/c1-10(16)12-9-11(15)5-6-13(12)17-7-8-18-14(2,3)4/h5-6,9-10,16H,7-8H2,1-4H3. The van der Waals surface area contributed by atoms with Gasteiger partial charge >= 0.3 is 0 Å². The van der Waals surface area contributed by atoms with Gasteiger partial charge in [0.2, 0.25) is 0 Å². The lowest BCUT2D eigenvalue weighted by atomic mass is 10.1. The van der Waals surface area contributed by atoms with E-state index in [2.05, 4.69) is 20.8 Å². The molecule has 102 valence electrons. The molecule has 1 N–H and O–H groups in total. The van der Waals surface area contributed by atoms with E-state index in [1.54, 1.807) is 19.1 Å². The molecule has 2 nitrogen and oxygen atoms in total. The van der Waals surface area contributed by atoms with Crippen molar-refractivity contribution in [3.05, 3.63) is 28.8 Å². The fourth-order valence-electron chi connectivity index (χ4n) is 1.48. The van der Waals surface area contributed by atoms with Gasteiger partial charge in [-0.15, -0.1) is 0 Å². The highest BCUT2D eigenvalue weighted by Gasteiger charge is 2.12. The lowest BCUT2D eigenvalue weighted by Gasteiger charge is -2.18. The van der Waals surface area contributed by atoms with E-state index in [0.29, 0.717) is 17.4 Å². The van der Waals surface area contributed by atoms with Crippen LogP contribution in [0.5, 0.6) is 5.75 Å². The third-order valence-electron chi connectivity index (χ3n) is 2.30. The van der Waals surface area contributed by atoms with E-state index in [4.69, 9.17) is 16.3 Å². The van der Waals surface area contributed by atoms with Crippen molar-refractivity contribution in [1.82, 2.24) is 0 Å². The van der Waals surface area contributed by atoms with Gasteiger partial charge in [0.15, 0.2) is 0 Å². The molecule has 0 radical (unpaired) electrons. The Hall–Kier alpha value is -0.380. The third kappa shape index (κ3) is 5.51. The first kappa shape index (κ1) is 15.7. The van der Waals surface area contributed by atoms with E-state index in [1.165, 1.54) is 0 Å². The molecule has 0 saturated heterocycles. The van der Waals surface area contributed by atoms with Gasteiger partial charge in [0.05, 0.1) is 12.7 Å². The Balaban J connectivity index is 2.57. The number of benzene rings is 1. The van der Waals surface area contributed by atoms with Crippen molar-refractivity contribution in [2.75, 3.05) is 12.4 Å². The number of hydrogen-bond donors (Lipinski definition) is 1. The van der Waals surface area contributed by atoms with Crippen LogP contribution < -0.4 is 4.74 Å². The minimum Gasteiger partial charge on any atom is -0.492 e. The molecule has 0 fully saturated rings. The molecule has 1 rings (SSSR count). The minimum atomic E-state index is -0.575. The molecular formula is C14H21ClO2S. The van der Waals surface area contributed by atoms with Crippen LogP contribution >= 0.6 is 23.4 Å². The molecule has 1 unspecified atom stereocenters. The second-order valence-electron chi connectivity index (χ2n) is 5.17. The summed E-state index contributed by atoms with van der Waals surface area (Å²) in [7, 11) is 0. The minimum absolute atomic E-state index is 0.246. The number of ether oxygens (including phenoxy) is 1. The van der Waals surface area contributed by atoms with Crippen LogP contribution in [0.2, 0.25) is 5.02 Å². The van der Waals surface area contributed by atoms with Crippen LogP contribution in [0.4, 0.5) is 0 Å². The fourth-order valence-corrected chi connectivity index (χ4v) is 2.44. The molecule has 1 atom stereocenters. The van der Waals surface area contributed by atoms with Gasteiger partial charge in [-0.05, 0) is 25.1 Å². The average Bonchev–Trinajstić information content (AvgIpc) is 2.24. The topological polar surface area (TPSA) is 29.5 Å². The summed E-state index contributed by atoms with van der Waals surface area (Å²) in [6.45, 7) is 8.88. The maximum Gasteiger partial charge on any atom is 0.125 e. The first-order valence-electron chi connectivity index (χ1n) is 6.04. The molecule has 18 heavy (non-hydrogen) atoms. The summed E-state index contributed by atoms with van der Waals surface area (Å²) in [5, 5.41) is 10.3. The number of thioether (sulfide) groups is 1. The summed E-state index contributed by atoms with van der Waals surface area (Å²) in [6, 6.07) is 5.34. The summed E-state index contributed by atoms with van der Waals surface area (Å²) < 4.78 is 5.96. The van der Waals surface area contributed by atoms with E-state index in [0.717, 1.165) is 11.3 Å². The highest BCUT2D eigenvalue weighted by molar-refractivity contribution is 8.00. The summed E-state index contributed by atoms with van der Waals surface area (Å²) >= 11 is 7.77. The predicted octanol–water partition coefficient (Wildman–Crippen LogP) is 4.30. The second kappa shape index (κ2) is 6.69. The van der Waals surface area contributed by atoms with Crippen LogP contribution in [0.25, 0.3) is 0 Å². The van der Waals surface area contributed by atoms with Crippen molar-refractivity contribution >= 4 is 23.4 Å². The zero-order chi connectivity index (χ0) is 13.8. The van der Waals surface area contributed by atoms with Crippen molar-refractivity contribution in [2.45, 2.75) is 38.5 Å². The maximum atomic E-state index is 9.67. The molecule has 0 aliphatic rings. The maximum absolute atomic E-state index is 9.67. The Bertz CT molecular complexity index is 386. The van der Waals surface area contributed by atoms with Gasteiger partial charge in [0.25, 0.3) is 0 Å². The van der Waals surface area contributed by atoms with Crippen LogP contribution in [0.1, 0.15) is 39.4 Å². The van der Waals surface area contributed by atoms with Crippen LogP contribution in [-0.4, -0.2) is 22.2 Å². The Kier molecular flexibility index (Phi) is 5.83. The zero-order valence-electron chi connectivity index (χ0n) is 11.4. The summed E-state index contributed by atoms with van der Waals surface area (Å²) in [6.07, 6.45) is -0.575. The first-order valence-corrected chi connectivity index (χ1v) is 7.40. The van der Waals surface area contributed by atoms with Gasteiger partial charge in [-0.3, -0.25) is 0 Å². The van der Waals surface area contributed by atoms with E-state index in [1.807, 2.05) is 17.8 Å². The van der Waals surface area contributed by atoms with E-state index < -0.39 is 6.10 Å². The Morgan fingerprint density at radius 3 is 2.61 bits per heavy atom. The number of hydrogen-bond acceptors (Lipinski definition) is 3. The van der Waals surface area contributed by atoms with Gasteiger partial charge < -0.3 is 9.84 Å². The molecule has 0 heterocycles. The van der Waals surface area contributed by atoms with Gasteiger partial charge in [0, 0.05) is 21.1 Å². The van der Waals surface area contributed by atoms with E-state index >= 15 is 0 Å². The molecular weight excluding hydrogens is 268 g/mol. The van der Waals surface area contributed by atoms with Gasteiger partial charge in [0.1, 0.15) is 5.75 Å². The van der Waals surface area contributed by atoms with Crippen molar-refractivity contribution in [3.63, 3.8) is 0 Å². The lowest BCUT2D eigenvalue weighted by Crippen LogP contribution is -2.12. The second-order valence-corrected chi connectivity index (χ2v) is 7.53. The van der Waals surface area contributed by atoms with E-state index in [-0.39, 0.29) is 4.75 Å². The van der Waals surface area contributed by atoms with Crippen LogP contribution in [-0.2, 0) is 0 Å². The Morgan fingerprint density at radius 2 is 2.06 bits per heavy atom. The molecule has 4 heteroatoms. The van der Waals surface area contributed by atoms with Gasteiger partial charge in [-0.2, -0.15) is 11.8 Å². The molecule has 0 amide bonds. The summed E-state index contributed by atoms with van der Waals surface area (Å²) in [4.78, 5) is 0. The SMILES string of the molecule is CC(O)c1cc(Cl)ccc1OCCSC(C)(C)C. The van der Waals surface area contributed by atoms with E-state index in [9.17, 15) is 5.11 Å². The quantitative estimate of drug-likeness (QED) is 0.819. The monoisotopic (exact) mass is 288 g/mol. The number of halogens is 1. The Morgan fingerprint density at radius 1 is 1.39 bits per heavy atom. The predicted molar refractivity (Wildman–Crippen MR) is 79.8 cm³/mol. The average molecular weight is 289 g/mol. The molecule has 0 bridgehead atoms. The van der Waals surface area contributed by atoms with Crippen molar-refractivity contribution in [1.29, 1.82) is 0 Å². The van der Waals surface area contributed by atoms with Crippen molar-refractivity contribution in [2.24, 2.45) is 0 Å². The summed E-state index contributed by atoms with van der Waals surface area (Å²) in [5.74, 6) is 1.63. The van der Waals surface area contributed by atoms with Crippen molar-refractivity contribution in [3.8, 4) is 5.75 Å². The van der Waals surface area contributed by atoms with Gasteiger partial charge in [-0.1, -0.05) is 32.4 Å². The fraction of sp³-hybridized carbons (Fsp3) is 0.571. The van der Waals surface area contributed by atoms with Crippen LogP contribution in [0, 0.1) is 0 Å². The zero-order valence-corrected chi connectivity index (χ0v) is 12.9. The number of aliphatic hydroxyl groups is 1. The lowest BCUT2D eigenvalue weighted by molar-refractivity contribution is 0.192. The summed E-state index contributed by atoms with van der Waals surface area (Å²) in [5.41, 5.74) is 0.739. The highest BCUT2D eigenvalue weighted by atomic mass is 35.5. The largest absolute Gasteiger partial charge is 0.492 e. The normalized spacial score (nSPS) is 13.4. The smallest absolute Gasteiger partial charge is 0.125 e. The third-order valence-corrected chi connectivity index (χ3v) is 3.77. The highest BCUT2D eigenvalue weighted by Crippen LogP contribution is 2.29.